The van der Waals surface area contributed by atoms with Crippen LogP contribution < -0.4 is 5.32 Å². The van der Waals surface area contributed by atoms with E-state index < -0.39 is 0 Å². The van der Waals surface area contributed by atoms with Crippen molar-refractivity contribution < 1.29 is 4.74 Å². The molecule has 0 bridgehead atoms. The van der Waals surface area contributed by atoms with Crippen LogP contribution in [0.3, 0.4) is 0 Å². The van der Waals surface area contributed by atoms with Crippen molar-refractivity contribution in [1.29, 1.82) is 0 Å². The second-order valence-corrected chi connectivity index (χ2v) is 4.17. The number of ether oxygens (including phenoxy) is 1. The van der Waals surface area contributed by atoms with Gasteiger partial charge in [-0.1, -0.05) is 13.8 Å². The second kappa shape index (κ2) is 5.61. The third-order valence-corrected chi connectivity index (χ3v) is 3.02. The lowest BCUT2D eigenvalue weighted by Gasteiger charge is -2.23. The maximum Gasteiger partial charge on any atom is 0.0622 e. The van der Waals surface area contributed by atoms with Crippen molar-refractivity contribution >= 4 is 0 Å². The van der Waals surface area contributed by atoms with E-state index in [1.54, 1.807) is 0 Å². The van der Waals surface area contributed by atoms with Crippen LogP contribution in [0.5, 0.6) is 0 Å². The minimum absolute atomic E-state index is 0.555. The first kappa shape index (κ1) is 11.0. The summed E-state index contributed by atoms with van der Waals surface area (Å²) >= 11 is 0. The zero-order valence-electron chi connectivity index (χ0n) is 9.18. The molecule has 1 aliphatic rings. The molecule has 1 fully saturated rings. The van der Waals surface area contributed by atoms with Gasteiger partial charge in [0.25, 0.3) is 0 Å². The maximum atomic E-state index is 5.57. The first-order valence-corrected chi connectivity index (χ1v) is 5.54. The summed E-state index contributed by atoms with van der Waals surface area (Å²) in [7, 11) is 2.04. The highest BCUT2D eigenvalue weighted by Crippen LogP contribution is 2.38. The van der Waals surface area contributed by atoms with Crippen molar-refractivity contribution in [3.63, 3.8) is 0 Å². The Balaban J connectivity index is 2.16. The minimum Gasteiger partial charge on any atom is -0.380 e. The van der Waals surface area contributed by atoms with E-state index >= 15 is 0 Å². The van der Waals surface area contributed by atoms with Crippen LogP contribution in [0.25, 0.3) is 0 Å². The van der Waals surface area contributed by atoms with Crippen LogP contribution in [-0.4, -0.2) is 26.3 Å². The van der Waals surface area contributed by atoms with E-state index in [0.29, 0.717) is 6.04 Å². The summed E-state index contributed by atoms with van der Waals surface area (Å²) < 4.78 is 5.57. The molecule has 13 heavy (non-hydrogen) atoms. The van der Waals surface area contributed by atoms with E-state index in [2.05, 4.69) is 19.2 Å². The van der Waals surface area contributed by atoms with Gasteiger partial charge in [0.15, 0.2) is 0 Å². The standard InChI is InChI=1S/C11H23NO/c1-4-7-13-8-11(12-3)9(2)10-5-6-10/h9-12H,4-8H2,1-3H3. The highest BCUT2D eigenvalue weighted by molar-refractivity contribution is 4.85. The maximum absolute atomic E-state index is 5.57. The predicted molar refractivity (Wildman–Crippen MR) is 55.8 cm³/mol. The SMILES string of the molecule is CCCOCC(NC)C(C)C1CC1. The van der Waals surface area contributed by atoms with Crippen molar-refractivity contribution in [2.24, 2.45) is 11.8 Å². The van der Waals surface area contributed by atoms with Gasteiger partial charge in [-0.05, 0) is 38.1 Å². The highest BCUT2D eigenvalue weighted by atomic mass is 16.5. The first-order valence-electron chi connectivity index (χ1n) is 5.54. The van der Waals surface area contributed by atoms with Gasteiger partial charge in [-0.25, -0.2) is 0 Å². The summed E-state index contributed by atoms with van der Waals surface area (Å²) in [5, 5.41) is 3.36. The Morgan fingerprint density at radius 1 is 1.46 bits per heavy atom. The van der Waals surface area contributed by atoms with Crippen LogP contribution in [0.2, 0.25) is 0 Å². The number of hydrogen-bond donors (Lipinski definition) is 1. The Morgan fingerprint density at radius 3 is 2.62 bits per heavy atom. The molecule has 0 radical (unpaired) electrons. The molecule has 2 unspecified atom stereocenters. The summed E-state index contributed by atoms with van der Waals surface area (Å²) in [5.41, 5.74) is 0. The normalized spacial score (nSPS) is 21.5. The fourth-order valence-corrected chi connectivity index (χ4v) is 1.80. The second-order valence-electron chi connectivity index (χ2n) is 4.17. The minimum atomic E-state index is 0.555. The van der Waals surface area contributed by atoms with E-state index in [-0.39, 0.29) is 0 Å². The van der Waals surface area contributed by atoms with Gasteiger partial charge in [-0.15, -0.1) is 0 Å². The lowest BCUT2D eigenvalue weighted by atomic mass is 9.97. The zero-order chi connectivity index (χ0) is 9.68. The Morgan fingerprint density at radius 2 is 2.15 bits per heavy atom. The topological polar surface area (TPSA) is 21.3 Å². The molecule has 0 spiro atoms. The quantitative estimate of drug-likeness (QED) is 0.613. The lowest BCUT2D eigenvalue weighted by Crippen LogP contribution is -2.37. The molecule has 0 aliphatic heterocycles. The number of rotatable bonds is 7. The van der Waals surface area contributed by atoms with Gasteiger partial charge in [0, 0.05) is 12.6 Å². The van der Waals surface area contributed by atoms with Gasteiger partial charge >= 0.3 is 0 Å². The largest absolute Gasteiger partial charge is 0.380 e. The van der Waals surface area contributed by atoms with Crippen molar-refractivity contribution in [3.05, 3.63) is 0 Å². The molecule has 1 rings (SSSR count). The molecule has 0 amide bonds. The fraction of sp³-hybridized carbons (Fsp3) is 1.00. The zero-order valence-corrected chi connectivity index (χ0v) is 9.18. The highest BCUT2D eigenvalue weighted by Gasteiger charge is 2.32. The molecular formula is C11H23NO. The van der Waals surface area contributed by atoms with E-state index in [0.717, 1.165) is 31.5 Å². The summed E-state index contributed by atoms with van der Waals surface area (Å²) in [6.45, 7) is 6.27. The predicted octanol–water partition coefficient (Wildman–Crippen LogP) is 2.05. The van der Waals surface area contributed by atoms with Crippen molar-refractivity contribution in [3.8, 4) is 0 Å². The number of hydrogen-bond acceptors (Lipinski definition) is 2. The fourth-order valence-electron chi connectivity index (χ4n) is 1.80. The molecule has 0 heterocycles. The average molecular weight is 185 g/mol. The molecule has 0 saturated heterocycles. The molecule has 0 aromatic rings. The van der Waals surface area contributed by atoms with Gasteiger partial charge in [0.1, 0.15) is 0 Å². The molecule has 78 valence electrons. The van der Waals surface area contributed by atoms with Crippen LogP contribution in [0.4, 0.5) is 0 Å². The molecule has 0 aromatic carbocycles. The van der Waals surface area contributed by atoms with Crippen LogP contribution in [0, 0.1) is 11.8 Å². The van der Waals surface area contributed by atoms with Crippen LogP contribution in [0.1, 0.15) is 33.1 Å². The summed E-state index contributed by atoms with van der Waals surface area (Å²) in [6.07, 6.45) is 3.97. The molecule has 2 heteroatoms. The van der Waals surface area contributed by atoms with Crippen molar-refractivity contribution in [2.75, 3.05) is 20.3 Å². The Labute approximate surface area is 82.0 Å². The van der Waals surface area contributed by atoms with Gasteiger partial charge in [0.2, 0.25) is 0 Å². The number of likely N-dealkylation sites (N-methyl/N-ethyl adjacent to an activating group) is 1. The Kier molecular flexibility index (Phi) is 4.74. The van der Waals surface area contributed by atoms with Crippen LogP contribution >= 0.6 is 0 Å². The average Bonchev–Trinajstić information content (AvgIpc) is 2.94. The molecule has 1 saturated carbocycles. The van der Waals surface area contributed by atoms with E-state index in [9.17, 15) is 0 Å². The van der Waals surface area contributed by atoms with Gasteiger partial charge in [-0.2, -0.15) is 0 Å². The monoisotopic (exact) mass is 185 g/mol. The molecular weight excluding hydrogens is 162 g/mol. The third-order valence-electron chi connectivity index (χ3n) is 3.02. The summed E-state index contributed by atoms with van der Waals surface area (Å²) in [6, 6.07) is 0.555. The first-order chi connectivity index (χ1) is 6.29. The van der Waals surface area contributed by atoms with Crippen LogP contribution in [-0.2, 0) is 4.74 Å². The smallest absolute Gasteiger partial charge is 0.0622 e. The Hall–Kier alpha value is -0.0800. The van der Waals surface area contributed by atoms with E-state index in [1.165, 1.54) is 12.8 Å². The summed E-state index contributed by atoms with van der Waals surface area (Å²) in [4.78, 5) is 0. The third kappa shape index (κ3) is 3.65. The molecule has 1 aliphatic carbocycles. The molecule has 1 N–H and O–H groups in total. The molecule has 0 aromatic heterocycles. The Bertz CT molecular complexity index is 134. The van der Waals surface area contributed by atoms with E-state index in [1.807, 2.05) is 7.05 Å². The molecule has 2 atom stereocenters. The summed E-state index contributed by atoms with van der Waals surface area (Å²) in [5.74, 6) is 1.74. The van der Waals surface area contributed by atoms with Gasteiger partial charge in [-0.3, -0.25) is 0 Å². The van der Waals surface area contributed by atoms with Crippen LogP contribution in [0.15, 0.2) is 0 Å². The van der Waals surface area contributed by atoms with Crippen molar-refractivity contribution in [1.82, 2.24) is 5.32 Å². The van der Waals surface area contributed by atoms with E-state index in [4.69, 9.17) is 4.74 Å². The van der Waals surface area contributed by atoms with Crippen molar-refractivity contribution in [2.45, 2.75) is 39.2 Å². The van der Waals surface area contributed by atoms with Gasteiger partial charge in [0.05, 0.1) is 6.61 Å². The van der Waals surface area contributed by atoms with Gasteiger partial charge < -0.3 is 10.1 Å². The number of nitrogens with one attached hydrogen (secondary N) is 1. The lowest BCUT2D eigenvalue weighted by molar-refractivity contribution is 0.0948. The molecule has 2 nitrogen and oxygen atoms in total.